The maximum Gasteiger partial charge on any atom is 0.0561 e. The summed E-state index contributed by atoms with van der Waals surface area (Å²) >= 11 is 0. The van der Waals surface area contributed by atoms with E-state index < -0.39 is 0 Å². The highest BCUT2D eigenvalue weighted by molar-refractivity contribution is 5.29. The summed E-state index contributed by atoms with van der Waals surface area (Å²) in [6, 6.07) is 8.28. The number of aryl methyl sites for hydroxylation is 1. The lowest BCUT2D eigenvalue weighted by Crippen LogP contribution is -2.34. The Morgan fingerprint density at radius 1 is 1.50 bits per heavy atom. The van der Waals surface area contributed by atoms with Gasteiger partial charge in [-0.15, -0.1) is 0 Å². The number of aliphatic hydroxyl groups excluding tert-OH is 1. The highest BCUT2D eigenvalue weighted by Crippen LogP contribution is 2.36. The fourth-order valence-electron chi connectivity index (χ4n) is 2.27. The van der Waals surface area contributed by atoms with Crippen molar-refractivity contribution in [3.05, 3.63) is 35.4 Å². The molecule has 2 nitrogen and oxygen atoms in total. The Bertz CT molecular complexity index is 337. The van der Waals surface area contributed by atoms with Crippen molar-refractivity contribution in [2.45, 2.75) is 37.8 Å². The van der Waals surface area contributed by atoms with E-state index in [0.29, 0.717) is 6.42 Å². The van der Waals surface area contributed by atoms with E-state index in [-0.39, 0.29) is 11.6 Å². The van der Waals surface area contributed by atoms with Gasteiger partial charge < -0.3 is 10.8 Å². The third kappa shape index (κ3) is 1.68. The molecule has 1 aliphatic carbocycles. The SMILES string of the molecule is Cc1cccc(C2(N)CCC(O)C2)c1. The van der Waals surface area contributed by atoms with Crippen molar-refractivity contribution in [3.8, 4) is 0 Å². The van der Waals surface area contributed by atoms with E-state index in [1.165, 1.54) is 5.56 Å². The van der Waals surface area contributed by atoms with Gasteiger partial charge in [-0.2, -0.15) is 0 Å². The monoisotopic (exact) mass is 191 g/mol. The second-order valence-electron chi connectivity index (χ2n) is 4.42. The number of aliphatic hydroxyl groups is 1. The summed E-state index contributed by atoms with van der Waals surface area (Å²) in [5.41, 5.74) is 8.37. The molecular weight excluding hydrogens is 174 g/mol. The molecule has 76 valence electrons. The Morgan fingerprint density at radius 3 is 2.86 bits per heavy atom. The second-order valence-corrected chi connectivity index (χ2v) is 4.42. The minimum Gasteiger partial charge on any atom is -0.393 e. The summed E-state index contributed by atoms with van der Waals surface area (Å²) in [6.07, 6.45) is 2.18. The Hall–Kier alpha value is -0.860. The molecule has 1 aliphatic rings. The topological polar surface area (TPSA) is 46.2 Å². The summed E-state index contributed by atoms with van der Waals surface area (Å²) in [4.78, 5) is 0. The van der Waals surface area contributed by atoms with Crippen LogP contribution in [-0.2, 0) is 5.54 Å². The molecule has 1 saturated carbocycles. The Kier molecular flexibility index (Phi) is 2.33. The van der Waals surface area contributed by atoms with Crippen molar-refractivity contribution >= 4 is 0 Å². The summed E-state index contributed by atoms with van der Waals surface area (Å²) in [5, 5.41) is 9.52. The molecule has 14 heavy (non-hydrogen) atoms. The zero-order valence-corrected chi connectivity index (χ0v) is 8.53. The van der Waals surface area contributed by atoms with Gasteiger partial charge in [0.1, 0.15) is 0 Å². The lowest BCUT2D eigenvalue weighted by molar-refractivity contribution is 0.174. The predicted molar refractivity (Wildman–Crippen MR) is 56.9 cm³/mol. The minimum absolute atomic E-state index is 0.222. The van der Waals surface area contributed by atoms with Gasteiger partial charge >= 0.3 is 0 Å². The molecule has 1 fully saturated rings. The standard InChI is InChI=1S/C12H17NO/c1-9-3-2-4-10(7-9)12(13)6-5-11(14)8-12/h2-4,7,11,14H,5-6,8,13H2,1H3. The normalized spacial score (nSPS) is 32.1. The molecule has 0 radical (unpaired) electrons. The van der Waals surface area contributed by atoms with Crippen molar-refractivity contribution < 1.29 is 5.11 Å². The smallest absolute Gasteiger partial charge is 0.0561 e. The van der Waals surface area contributed by atoms with Gasteiger partial charge in [0.05, 0.1) is 6.10 Å². The third-order valence-electron chi connectivity index (χ3n) is 3.12. The van der Waals surface area contributed by atoms with Crippen molar-refractivity contribution in [1.29, 1.82) is 0 Å². The maximum atomic E-state index is 9.52. The van der Waals surface area contributed by atoms with Crippen LogP contribution in [0.1, 0.15) is 30.4 Å². The van der Waals surface area contributed by atoms with E-state index in [2.05, 4.69) is 25.1 Å². The lowest BCUT2D eigenvalue weighted by atomic mass is 9.88. The van der Waals surface area contributed by atoms with E-state index in [1.807, 2.05) is 6.07 Å². The number of benzene rings is 1. The quantitative estimate of drug-likeness (QED) is 0.709. The van der Waals surface area contributed by atoms with Crippen LogP contribution in [-0.4, -0.2) is 11.2 Å². The molecule has 0 spiro atoms. The third-order valence-corrected chi connectivity index (χ3v) is 3.12. The first kappa shape index (κ1) is 9.69. The highest BCUT2D eigenvalue weighted by atomic mass is 16.3. The molecule has 0 bridgehead atoms. The van der Waals surface area contributed by atoms with Crippen LogP contribution in [0.25, 0.3) is 0 Å². The molecule has 0 heterocycles. The lowest BCUT2D eigenvalue weighted by Gasteiger charge is -2.24. The van der Waals surface area contributed by atoms with E-state index in [9.17, 15) is 5.11 Å². The Morgan fingerprint density at radius 2 is 2.29 bits per heavy atom. The van der Waals surface area contributed by atoms with Crippen LogP contribution < -0.4 is 5.73 Å². The predicted octanol–water partition coefficient (Wildman–Crippen LogP) is 1.69. The van der Waals surface area contributed by atoms with Gasteiger partial charge in [-0.3, -0.25) is 0 Å². The Labute approximate surface area is 84.7 Å². The van der Waals surface area contributed by atoms with Crippen LogP contribution in [0.2, 0.25) is 0 Å². The first-order valence-corrected chi connectivity index (χ1v) is 5.14. The Balaban J connectivity index is 2.30. The van der Waals surface area contributed by atoms with E-state index in [4.69, 9.17) is 5.73 Å². The largest absolute Gasteiger partial charge is 0.393 e. The number of hydrogen-bond donors (Lipinski definition) is 2. The average molecular weight is 191 g/mol. The maximum absolute atomic E-state index is 9.52. The average Bonchev–Trinajstić information content (AvgIpc) is 2.48. The van der Waals surface area contributed by atoms with Crippen molar-refractivity contribution in [2.75, 3.05) is 0 Å². The van der Waals surface area contributed by atoms with Gasteiger partial charge in [-0.1, -0.05) is 29.8 Å². The molecule has 2 unspecified atom stereocenters. The number of nitrogens with two attached hydrogens (primary N) is 1. The van der Waals surface area contributed by atoms with E-state index in [0.717, 1.165) is 18.4 Å². The van der Waals surface area contributed by atoms with Gasteiger partial charge in [0.15, 0.2) is 0 Å². The summed E-state index contributed by atoms with van der Waals surface area (Å²) in [5.74, 6) is 0. The van der Waals surface area contributed by atoms with Crippen molar-refractivity contribution in [3.63, 3.8) is 0 Å². The molecule has 0 aliphatic heterocycles. The van der Waals surface area contributed by atoms with Crippen LogP contribution in [0.15, 0.2) is 24.3 Å². The van der Waals surface area contributed by atoms with Crippen molar-refractivity contribution in [1.82, 2.24) is 0 Å². The van der Waals surface area contributed by atoms with Crippen LogP contribution in [0.3, 0.4) is 0 Å². The molecule has 2 atom stereocenters. The van der Waals surface area contributed by atoms with Crippen LogP contribution in [0, 0.1) is 6.92 Å². The second kappa shape index (κ2) is 3.37. The molecular formula is C12H17NO. The summed E-state index contributed by atoms with van der Waals surface area (Å²) < 4.78 is 0. The fraction of sp³-hybridized carbons (Fsp3) is 0.500. The first-order valence-electron chi connectivity index (χ1n) is 5.14. The molecule has 0 amide bonds. The van der Waals surface area contributed by atoms with Gasteiger partial charge in [0, 0.05) is 5.54 Å². The molecule has 2 heteroatoms. The number of rotatable bonds is 1. The number of hydrogen-bond acceptors (Lipinski definition) is 2. The van der Waals surface area contributed by atoms with Gasteiger partial charge in [-0.05, 0) is 31.7 Å². The molecule has 1 aromatic rings. The molecule has 3 N–H and O–H groups in total. The van der Waals surface area contributed by atoms with Gasteiger partial charge in [0.2, 0.25) is 0 Å². The van der Waals surface area contributed by atoms with Crippen LogP contribution in [0.5, 0.6) is 0 Å². The molecule has 1 aromatic carbocycles. The van der Waals surface area contributed by atoms with E-state index in [1.54, 1.807) is 0 Å². The molecule has 0 saturated heterocycles. The first-order chi connectivity index (χ1) is 6.60. The summed E-state index contributed by atoms with van der Waals surface area (Å²) in [6.45, 7) is 2.07. The van der Waals surface area contributed by atoms with Gasteiger partial charge in [0.25, 0.3) is 0 Å². The fourth-order valence-corrected chi connectivity index (χ4v) is 2.27. The van der Waals surface area contributed by atoms with Crippen molar-refractivity contribution in [2.24, 2.45) is 5.73 Å². The van der Waals surface area contributed by atoms with Crippen LogP contribution in [0.4, 0.5) is 0 Å². The zero-order valence-electron chi connectivity index (χ0n) is 8.53. The minimum atomic E-state index is -0.300. The highest BCUT2D eigenvalue weighted by Gasteiger charge is 2.36. The van der Waals surface area contributed by atoms with Gasteiger partial charge in [-0.25, -0.2) is 0 Å². The molecule has 2 rings (SSSR count). The van der Waals surface area contributed by atoms with E-state index >= 15 is 0 Å². The summed E-state index contributed by atoms with van der Waals surface area (Å²) in [7, 11) is 0. The zero-order chi connectivity index (χ0) is 10.2. The van der Waals surface area contributed by atoms with Crippen LogP contribution >= 0.6 is 0 Å². The molecule has 0 aromatic heterocycles.